The van der Waals surface area contributed by atoms with Crippen molar-refractivity contribution in [3.63, 3.8) is 0 Å². The molecule has 1 aromatic carbocycles. The van der Waals surface area contributed by atoms with Gasteiger partial charge in [0.1, 0.15) is 4.90 Å². The van der Waals surface area contributed by atoms with Crippen LogP contribution < -0.4 is 10.3 Å². The fraction of sp³-hybridized carbons (Fsp3) is 0.308. The van der Waals surface area contributed by atoms with Crippen LogP contribution >= 0.6 is 11.6 Å². The second-order valence-corrected chi connectivity index (χ2v) is 6.59. The molecule has 0 amide bonds. The molecule has 20 heavy (non-hydrogen) atoms. The highest BCUT2D eigenvalue weighted by molar-refractivity contribution is 7.89. The highest BCUT2D eigenvalue weighted by Gasteiger charge is 2.18. The van der Waals surface area contributed by atoms with Crippen LogP contribution in [0.15, 0.2) is 34.0 Å². The first-order valence-electron chi connectivity index (χ1n) is 6.26. The Morgan fingerprint density at radius 3 is 2.75 bits per heavy atom. The van der Waals surface area contributed by atoms with Gasteiger partial charge < -0.3 is 4.98 Å². The Morgan fingerprint density at radius 2 is 2.05 bits per heavy atom. The highest BCUT2D eigenvalue weighted by atomic mass is 35.5. The summed E-state index contributed by atoms with van der Waals surface area (Å²) in [6.45, 7) is 2.35. The van der Waals surface area contributed by atoms with Crippen LogP contribution in [0.2, 0.25) is 5.02 Å². The van der Waals surface area contributed by atoms with Gasteiger partial charge in [-0.3, -0.25) is 4.79 Å². The average molecular weight is 315 g/mol. The van der Waals surface area contributed by atoms with Crippen molar-refractivity contribution in [3.8, 4) is 0 Å². The van der Waals surface area contributed by atoms with Crippen molar-refractivity contribution in [1.82, 2.24) is 9.71 Å². The molecule has 0 aliphatic carbocycles. The van der Waals surface area contributed by atoms with E-state index >= 15 is 0 Å². The number of H-pyrrole nitrogens is 1. The lowest BCUT2D eigenvalue weighted by Gasteiger charge is -2.09. The SMILES string of the molecule is CCCCNS(=O)(=O)c1cc2ccc(=O)[nH]c2cc1Cl. The first-order chi connectivity index (χ1) is 9.44. The number of sulfonamides is 1. The van der Waals surface area contributed by atoms with E-state index in [1.54, 1.807) is 6.07 Å². The Kier molecular flexibility index (Phi) is 4.47. The van der Waals surface area contributed by atoms with E-state index in [2.05, 4.69) is 9.71 Å². The molecule has 0 fully saturated rings. The monoisotopic (exact) mass is 314 g/mol. The van der Waals surface area contributed by atoms with E-state index in [0.717, 1.165) is 12.8 Å². The Balaban J connectivity index is 2.46. The standard InChI is InChI=1S/C13H15ClN2O3S/c1-2-3-6-15-20(18,19)12-7-9-4-5-13(17)16-11(9)8-10(12)14/h4-5,7-8,15H,2-3,6H2,1H3,(H,16,17). The largest absolute Gasteiger partial charge is 0.322 e. The van der Waals surface area contributed by atoms with Crippen LogP contribution in [0.4, 0.5) is 0 Å². The molecule has 0 aliphatic heterocycles. The van der Waals surface area contributed by atoms with Gasteiger partial charge in [-0.1, -0.05) is 24.9 Å². The van der Waals surface area contributed by atoms with Crippen molar-refractivity contribution < 1.29 is 8.42 Å². The zero-order chi connectivity index (χ0) is 14.8. The molecule has 108 valence electrons. The number of aromatic amines is 1. The van der Waals surface area contributed by atoms with Gasteiger partial charge in [-0.25, -0.2) is 13.1 Å². The Labute approximate surface area is 122 Å². The van der Waals surface area contributed by atoms with Crippen molar-refractivity contribution in [1.29, 1.82) is 0 Å². The zero-order valence-electron chi connectivity index (χ0n) is 10.9. The number of unbranched alkanes of at least 4 members (excludes halogenated alkanes) is 1. The Bertz CT molecular complexity index is 784. The van der Waals surface area contributed by atoms with Crippen molar-refractivity contribution in [2.24, 2.45) is 0 Å². The number of aromatic nitrogens is 1. The average Bonchev–Trinajstić information content (AvgIpc) is 2.37. The van der Waals surface area contributed by atoms with Crippen LogP contribution in [-0.2, 0) is 10.0 Å². The predicted molar refractivity (Wildman–Crippen MR) is 79.7 cm³/mol. The fourth-order valence-electron chi connectivity index (χ4n) is 1.82. The van der Waals surface area contributed by atoms with Gasteiger partial charge in [0.05, 0.1) is 5.02 Å². The van der Waals surface area contributed by atoms with Gasteiger partial charge in [0.2, 0.25) is 15.6 Å². The molecule has 7 heteroatoms. The molecular weight excluding hydrogens is 300 g/mol. The molecule has 2 rings (SSSR count). The van der Waals surface area contributed by atoms with E-state index < -0.39 is 10.0 Å². The summed E-state index contributed by atoms with van der Waals surface area (Å²) in [4.78, 5) is 13.9. The molecule has 2 N–H and O–H groups in total. The first kappa shape index (κ1) is 15.0. The van der Waals surface area contributed by atoms with Crippen LogP contribution in [0.3, 0.4) is 0 Å². The fourth-order valence-corrected chi connectivity index (χ4v) is 3.46. The smallest absolute Gasteiger partial charge is 0.248 e. The molecule has 1 heterocycles. The van der Waals surface area contributed by atoms with E-state index in [0.29, 0.717) is 17.4 Å². The molecule has 0 bridgehead atoms. The minimum Gasteiger partial charge on any atom is -0.322 e. The highest BCUT2D eigenvalue weighted by Crippen LogP contribution is 2.25. The lowest BCUT2D eigenvalue weighted by Crippen LogP contribution is -2.25. The lowest BCUT2D eigenvalue weighted by molar-refractivity contribution is 0.578. The van der Waals surface area contributed by atoms with E-state index in [-0.39, 0.29) is 15.5 Å². The number of halogens is 1. The molecule has 0 atom stereocenters. The van der Waals surface area contributed by atoms with Gasteiger partial charge in [-0.2, -0.15) is 0 Å². The number of pyridine rings is 1. The first-order valence-corrected chi connectivity index (χ1v) is 8.12. The van der Waals surface area contributed by atoms with Crippen LogP contribution in [0.1, 0.15) is 19.8 Å². The molecule has 1 aromatic heterocycles. The molecule has 0 aliphatic rings. The number of benzene rings is 1. The minimum atomic E-state index is -3.64. The summed E-state index contributed by atoms with van der Waals surface area (Å²) in [7, 11) is -3.64. The second kappa shape index (κ2) is 5.95. The summed E-state index contributed by atoms with van der Waals surface area (Å²) >= 11 is 6.01. The maximum absolute atomic E-state index is 12.2. The van der Waals surface area contributed by atoms with Gasteiger partial charge in [-0.05, 0) is 30.0 Å². The summed E-state index contributed by atoms with van der Waals surface area (Å²) < 4.78 is 26.9. The Morgan fingerprint density at radius 1 is 1.30 bits per heavy atom. The quantitative estimate of drug-likeness (QED) is 0.831. The second-order valence-electron chi connectivity index (χ2n) is 4.44. The molecule has 0 spiro atoms. The van der Waals surface area contributed by atoms with Crippen molar-refractivity contribution in [3.05, 3.63) is 39.6 Å². The number of nitrogens with one attached hydrogen (secondary N) is 2. The van der Waals surface area contributed by atoms with Crippen LogP contribution in [0, 0.1) is 0 Å². The molecular formula is C13H15ClN2O3S. The third kappa shape index (κ3) is 3.20. The van der Waals surface area contributed by atoms with Crippen molar-refractivity contribution >= 4 is 32.5 Å². The molecule has 0 radical (unpaired) electrons. The minimum absolute atomic E-state index is 0.0230. The van der Waals surface area contributed by atoms with Crippen LogP contribution in [-0.4, -0.2) is 19.9 Å². The maximum Gasteiger partial charge on any atom is 0.248 e. The van der Waals surface area contributed by atoms with Gasteiger partial charge in [-0.15, -0.1) is 0 Å². The summed E-state index contributed by atoms with van der Waals surface area (Å²) in [5.41, 5.74) is 0.250. The van der Waals surface area contributed by atoms with Gasteiger partial charge in [0.15, 0.2) is 0 Å². The third-order valence-electron chi connectivity index (χ3n) is 2.89. The summed E-state index contributed by atoms with van der Waals surface area (Å²) in [6.07, 6.45) is 1.66. The van der Waals surface area contributed by atoms with E-state index in [1.807, 2.05) is 6.92 Å². The number of rotatable bonds is 5. The van der Waals surface area contributed by atoms with Gasteiger partial charge in [0.25, 0.3) is 0 Å². The van der Waals surface area contributed by atoms with E-state index in [9.17, 15) is 13.2 Å². The lowest BCUT2D eigenvalue weighted by atomic mass is 10.2. The summed E-state index contributed by atoms with van der Waals surface area (Å²) in [5.74, 6) is 0. The third-order valence-corrected chi connectivity index (χ3v) is 4.81. The number of hydrogen-bond donors (Lipinski definition) is 2. The molecule has 2 aromatic rings. The van der Waals surface area contributed by atoms with Crippen molar-refractivity contribution in [2.75, 3.05) is 6.54 Å². The van der Waals surface area contributed by atoms with Crippen LogP contribution in [0.5, 0.6) is 0 Å². The number of fused-ring (bicyclic) bond motifs is 1. The zero-order valence-corrected chi connectivity index (χ0v) is 12.5. The van der Waals surface area contributed by atoms with Gasteiger partial charge >= 0.3 is 0 Å². The van der Waals surface area contributed by atoms with Crippen LogP contribution in [0.25, 0.3) is 10.9 Å². The normalized spacial score (nSPS) is 11.9. The number of hydrogen-bond acceptors (Lipinski definition) is 3. The van der Waals surface area contributed by atoms with Crippen molar-refractivity contribution in [2.45, 2.75) is 24.7 Å². The topological polar surface area (TPSA) is 79.0 Å². The van der Waals surface area contributed by atoms with Gasteiger partial charge in [0, 0.05) is 18.1 Å². The van der Waals surface area contributed by atoms with E-state index in [4.69, 9.17) is 11.6 Å². The predicted octanol–water partition coefficient (Wildman–Crippen LogP) is 2.26. The Hall–Kier alpha value is -1.37. The maximum atomic E-state index is 12.2. The summed E-state index contributed by atoms with van der Waals surface area (Å²) in [5, 5.41) is 0.702. The summed E-state index contributed by atoms with van der Waals surface area (Å²) in [6, 6.07) is 5.82. The molecule has 0 saturated carbocycles. The molecule has 0 saturated heterocycles. The van der Waals surface area contributed by atoms with E-state index in [1.165, 1.54) is 18.2 Å². The molecule has 5 nitrogen and oxygen atoms in total. The molecule has 0 unspecified atom stereocenters.